The second-order valence-electron chi connectivity index (χ2n) is 4.15. The van der Waals surface area contributed by atoms with E-state index in [-0.39, 0.29) is 16.9 Å². The first-order valence-corrected chi connectivity index (χ1v) is 6.68. The molecule has 0 saturated carbocycles. The fourth-order valence-electron chi connectivity index (χ4n) is 1.91. The summed E-state index contributed by atoms with van der Waals surface area (Å²) in [6.07, 6.45) is 0. The molecular formula is C15H11BrF2O3. The van der Waals surface area contributed by atoms with Crippen LogP contribution in [-0.2, 0) is 0 Å². The molecule has 0 bridgehead atoms. The highest BCUT2D eigenvalue weighted by atomic mass is 79.9. The Balaban J connectivity index is 2.55. The molecule has 0 heterocycles. The summed E-state index contributed by atoms with van der Waals surface area (Å²) in [5.41, 5.74) is 0.0815. The molecule has 0 fully saturated rings. The standard InChI is InChI=1S/C15H11BrF2O3/c1-20-12-4-3-11(15(21-2)13(12)16)14(19)8-5-9(17)7-10(18)6-8/h3-7H,1-2H3. The summed E-state index contributed by atoms with van der Waals surface area (Å²) in [6, 6.07) is 5.70. The molecule has 110 valence electrons. The lowest BCUT2D eigenvalue weighted by Crippen LogP contribution is -2.06. The van der Waals surface area contributed by atoms with E-state index in [9.17, 15) is 13.6 Å². The molecule has 0 amide bonds. The third-order valence-corrected chi connectivity index (χ3v) is 3.61. The van der Waals surface area contributed by atoms with Crippen molar-refractivity contribution in [1.82, 2.24) is 0 Å². The number of ether oxygens (including phenoxy) is 2. The number of benzene rings is 2. The monoisotopic (exact) mass is 356 g/mol. The molecule has 2 aromatic carbocycles. The second kappa shape index (κ2) is 6.22. The van der Waals surface area contributed by atoms with Crippen LogP contribution < -0.4 is 9.47 Å². The van der Waals surface area contributed by atoms with Crippen LogP contribution in [0.25, 0.3) is 0 Å². The Bertz CT molecular complexity index is 681. The predicted molar refractivity (Wildman–Crippen MR) is 77.0 cm³/mol. The first-order chi connectivity index (χ1) is 9.97. The van der Waals surface area contributed by atoms with Gasteiger partial charge in [0.05, 0.1) is 19.8 Å². The minimum absolute atomic E-state index is 0.0946. The first-order valence-electron chi connectivity index (χ1n) is 5.89. The van der Waals surface area contributed by atoms with Crippen LogP contribution in [-0.4, -0.2) is 20.0 Å². The molecule has 0 aliphatic heterocycles. The molecular weight excluding hydrogens is 346 g/mol. The van der Waals surface area contributed by atoms with Crippen molar-refractivity contribution >= 4 is 21.7 Å². The van der Waals surface area contributed by atoms with E-state index in [2.05, 4.69) is 15.9 Å². The van der Waals surface area contributed by atoms with Crippen LogP contribution in [0, 0.1) is 11.6 Å². The number of hydrogen-bond donors (Lipinski definition) is 0. The Morgan fingerprint density at radius 3 is 2.19 bits per heavy atom. The third-order valence-electron chi connectivity index (χ3n) is 2.86. The Morgan fingerprint density at radius 1 is 1.05 bits per heavy atom. The van der Waals surface area contributed by atoms with Crippen LogP contribution in [0.2, 0.25) is 0 Å². The number of carbonyl (C=O) groups excluding carboxylic acids is 1. The Morgan fingerprint density at radius 2 is 1.67 bits per heavy atom. The molecule has 2 aromatic rings. The second-order valence-corrected chi connectivity index (χ2v) is 4.94. The minimum Gasteiger partial charge on any atom is -0.495 e. The van der Waals surface area contributed by atoms with E-state index in [1.165, 1.54) is 20.3 Å². The summed E-state index contributed by atoms with van der Waals surface area (Å²) in [5.74, 6) is -1.46. The molecule has 2 rings (SSSR count). The van der Waals surface area contributed by atoms with Gasteiger partial charge in [-0.3, -0.25) is 4.79 Å². The van der Waals surface area contributed by atoms with Crippen molar-refractivity contribution in [2.75, 3.05) is 14.2 Å². The van der Waals surface area contributed by atoms with Crippen molar-refractivity contribution in [3.8, 4) is 11.5 Å². The zero-order chi connectivity index (χ0) is 15.6. The van der Waals surface area contributed by atoms with Gasteiger partial charge in [-0.1, -0.05) is 0 Å². The van der Waals surface area contributed by atoms with E-state index >= 15 is 0 Å². The summed E-state index contributed by atoms with van der Waals surface area (Å²) in [7, 11) is 2.87. The fourth-order valence-corrected chi connectivity index (χ4v) is 2.58. The van der Waals surface area contributed by atoms with Crippen molar-refractivity contribution in [3.63, 3.8) is 0 Å². The van der Waals surface area contributed by atoms with Gasteiger partial charge in [-0.05, 0) is 40.2 Å². The average Bonchev–Trinajstić information content (AvgIpc) is 2.45. The highest BCUT2D eigenvalue weighted by Crippen LogP contribution is 2.38. The number of halogens is 3. The van der Waals surface area contributed by atoms with Gasteiger partial charge >= 0.3 is 0 Å². The van der Waals surface area contributed by atoms with Crippen molar-refractivity contribution in [2.45, 2.75) is 0 Å². The average molecular weight is 357 g/mol. The summed E-state index contributed by atoms with van der Waals surface area (Å²) in [5, 5.41) is 0. The van der Waals surface area contributed by atoms with Crippen molar-refractivity contribution in [2.24, 2.45) is 0 Å². The van der Waals surface area contributed by atoms with E-state index in [0.29, 0.717) is 16.3 Å². The van der Waals surface area contributed by atoms with Gasteiger partial charge in [0.1, 0.15) is 27.6 Å². The van der Waals surface area contributed by atoms with Crippen molar-refractivity contribution < 1.29 is 23.0 Å². The van der Waals surface area contributed by atoms with E-state index in [1.807, 2.05) is 0 Å². The third kappa shape index (κ3) is 3.05. The van der Waals surface area contributed by atoms with Gasteiger partial charge in [-0.25, -0.2) is 8.78 Å². The van der Waals surface area contributed by atoms with E-state index in [4.69, 9.17) is 9.47 Å². The van der Waals surface area contributed by atoms with E-state index in [0.717, 1.165) is 12.1 Å². The van der Waals surface area contributed by atoms with Gasteiger partial charge in [0.25, 0.3) is 0 Å². The number of rotatable bonds is 4. The smallest absolute Gasteiger partial charge is 0.197 e. The van der Waals surface area contributed by atoms with Crippen LogP contribution in [0.4, 0.5) is 8.78 Å². The molecule has 0 spiro atoms. The largest absolute Gasteiger partial charge is 0.495 e. The molecule has 0 aromatic heterocycles. The number of hydrogen-bond acceptors (Lipinski definition) is 3. The minimum atomic E-state index is -0.815. The maximum atomic E-state index is 13.2. The fraction of sp³-hybridized carbons (Fsp3) is 0.133. The summed E-state index contributed by atoms with van der Waals surface area (Å²) < 4.78 is 37.2. The lowest BCUT2D eigenvalue weighted by Gasteiger charge is -2.12. The van der Waals surface area contributed by atoms with Gasteiger partial charge in [0.15, 0.2) is 5.78 Å². The molecule has 0 aliphatic rings. The van der Waals surface area contributed by atoms with Gasteiger partial charge < -0.3 is 9.47 Å². The van der Waals surface area contributed by atoms with Crippen LogP contribution in [0.5, 0.6) is 11.5 Å². The molecule has 21 heavy (non-hydrogen) atoms. The Hall–Kier alpha value is -1.95. The van der Waals surface area contributed by atoms with Gasteiger partial charge in [-0.2, -0.15) is 0 Å². The summed E-state index contributed by atoms with van der Waals surface area (Å²) in [4.78, 5) is 12.4. The summed E-state index contributed by atoms with van der Waals surface area (Å²) >= 11 is 3.27. The van der Waals surface area contributed by atoms with Gasteiger partial charge in [0.2, 0.25) is 0 Å². The molecule has 0 N–H and O–H groups in total. The molecule has 0 radical (unpaired) electrons. The Labute approximate surface area is 128 Å². The molecule has 0 aliphatic carbocycles. The van der Waals surface area contributed by atoms with Crippen LogP contribution in [0.3, 0.4) is 0 Å². The topological polar surface area (TPSA) is 35.5 Å². The van der Waals surface area contributed by atoms with Gasteiger partial charge in [0, 0.05) is 11.6 Å². The summed E-state index contributed by atoms with van der Waals surface area (Å²) in [6.45, 7) is 0. The Kier molecular flexibility index (Phi) is 4.57. The molecule has 0 saturated heterocycles. The number of methoxy groups -OCH3 is 2. The highest BCUT2D eigenvalue weighted by Gasteiger charge is 2.20. The van der Waals surface area contributed by atoms with Gasteiger partial charge in [-0.15, -0.1) is 0 Å². The lowest BCUT2D eigenvalue weighted by atomic mass is 10.0. The van der Waals surface area contributed by atoms with E-state index in [1.54, 1.807) is 6.07 Å². The zero-order valence-corrected chi connectivity index (χ0v) is 12.8. The maximum absolute atomic E-state index is 13.2. The lowest BCUT2D eigenvalue weighted by molar-refractivity contribution is 0.103. The molecule has 0 atom stereocenters. The predicted octanol–water partition coefficient (Wildman–Crippen LogP) is 3.98. The molecule has 3 nitrogen and oxygen atoms in total. The number of carbonyl (C=O) groups is 1. The maximum Gasteiger partial charge on any atom is 0.197 e. The molecule has 6 heteroatoms. The van der Waals surface area contributed by atoms with Crippen LogP contribution in [0.15, 0.2) is 34.8 Å². The quantitative estimate of drug-likeness (QED) is 0.777. The number of ketones is 1. The van der Waals surface area contributed by atoms with Crippen LogP contribution in [0.1, 0.15) is 15.9 Å². The first kappa shape index (κ1) is 15.4. The highest BCUT2D eigenvalue weighted by molar-refractivity contribution is 9.10. The van der Waals surface area contributed by atoms with E-state index < -0.39 is 17.4 Å². The van der Waals surface area contributed by atoms with Crippen molar-refractivity contribution in [3.05, 3.63) is 57.6 Å². The normalized spacial score (nSPS) is 10.3. The SMILES string of the molecule is COc1ccc(C(=O)c2cc(F)cc(F)c2)c(OC)c1Br. The van der Waals surface area contributed by atoms with Crippen LogP contribution >= 0.6 is 15.9 Å². The molecule has 0 unspecified atom stereocenters. The zero-order valence-electron chi connectivity index (χ0n) is 11.2. The van der Waals surface area contributed by atoms with Crippen molar-refractivity contribution in [1.29, 1.82) is 0 Å².